The number of hydrogen-bond donors (Lipinski definition) is 1. The van der Waals surface area contributed by atoms with Crippen LogP contribution in [-0.4, -0.2) is 25.1 Å². The Morgan fingerprint density at radius 3 is 2.95 bits per heavy atom. The summed E-state index contributed by atoms with van der Waals surface area (Å²) >= 11 is 1.93. The number of hydrogen-bond acceptors (Lipinski definition) is 4. The average Bonchev–Trinajstić information content (AvgIpc) is 2.81. The minimum absolute atomic E-state index is 0.437. The third-order valence-electron chi connectivity index (χ3n) is 4.46. The Bertz CT molecular complexity index is 452. The zero-order valence-electron chi connectivity index (χ0n) is 12.3. The second-order valence-electron chi connectivity index (χ2n) is 6.73. The smallest absolute Gasteiger partial charge is 0.185 e. The fraction of sp³-hybridized carbons (Fsp3) is 0.800. The second kappa shape index (κ2) is 5.06. The number of nitrogens with zero attached hydrogens (tertiary/aromatic N) is 2. The van der Waals surface area contributed by atoms with Crippen molar-refractivity contribution in [2.75, 3.05) is 25.0 Å². The maximum Gasteiger partial charge on any atom is 0.185 e. The van der Waals surface area contributed by atoms with Crippen molar-refractivity contribution < 1.29 is 0 Å². The largest absolute Gasteiger partial charge is 0.348 e. The first-order chi connectivity index (χ1) is 9.09. The number of piperidine rings is 1. The molecule has 1 aliphatic carbocycles. The summed E-state index contributed by atoms with van der Waals surface area (Å²) in [6, 6.07) is 0.535. The minimum atomic E-state index is 0.437. The van der Waals surface area contributed by atoms with Crippen LogP contribution in [0.1, 0.15) is 56.1 Å². The topological polar surface area (TPSA) is 28.2 Å². The molecule has 1 aliphatic heterocycles. The summed E-state index contributed by atoms with van der Waals surface area (Å²) in [5.41, 5.74) is 1.79. The average molecular weight is 279 g/mol. The van der Waals surface area contributed by atoms with Crippen LogP contribution in [0.2, 0.25) is 0 Å². The molecule has 0 spiro atoms. The number of aryl methyl sites for hydroxylation is 1. The molecule has 0 bridgehead atoms. The fourth-order valence-corrected chi connectivity index (χ4v) is 4.68. The molecule has 0 amide bonds. The molecule has 0 saturated carbocycles. The SMILES string of the molecule is CNC1CCCc2nc(N3CCCC(C)(C)C3)sc21. The van der Waals surface area contributed by atoms with E-state index in [0.29, 0.717) is 11.5 Å². The third kappa shape index (κ3) is 2.65. The maximum atomic E-state index is 4.94. The highest BCUT2D eigenvalue weighted by molar-refractivity contribution is 7.15. The first-order valence-electron chi connectivity index (χ1n) is 7.51. The quantitative estimate of drug-likeness (QED) is 0.899. The fourth-order valence-electron chi connectivity index (χ4n) is 3.40. The van der Waals surface area contributed by atoms with E-state index in [1.807, 2.05) is 11.3 Å². The monoisotopic (exact) mass is 279 g/mol. The van der Waals surface area contributed by atoms with Crippen LogP contribution >= 0.6 is 11.3 Å². The van der Waals surface area contributed by atoms with Crippen LogP contribution in [0.3, 0.4) is 0 Å². The van der Waals surface area contributed by atoms with Crippen LogP contribution in [0.4, 0.5) is 5.13 Å². The van der Waals surface area contributed by atoms with Crippen molar-refractivity contribution in [3.8, 4) is 0 Å². The van der Waals surface area contributed by atoms with Crippen molar-refractivity contribution in [3.05, 3.63) is 10.6 Å². The minimum Gasteiger partial charge on any atom is -0.348 e. The number of fused-ring (bicyclic) bond motifs is 1. The summed E-state index contributed by atoms with van der Waals surface area (Å²) in [7, 11) is 2.07. The second-order valence-corrected chi connectivity index (χ2v) is 7.74. The lowest BCUT2D eigenvalue weighted by Crippen LogP contribution is -2.40. The third-order valence-corrected chi connectivity index (χ3v) is 5.73. The van der Waals surface area contributed by atoms with E-state index in [4.69, 9.17) is 4.98 Å². The molecule has 1 fully saturated rings. The molecule has 3 nitrogen and oxygen atoms in total. The molecule has 0 radical (unpaired) electrons. The molecule has 1 unspecified atom stereocenters. The lowest BCUT2D eigenvalue weighted by molar-refractivity contribution is 0.293. The number of thiazole rings is 1. The van der Waals surface area contributed by atoms with Crippen LogP contribution in [0, 0.1) is 5.41 Å². The van der Waals surface area contributed by atoms with Gasteiger partial charge in [-0.1, -0.05) is 25.2 Å². The van der Waals surface area contributed by atoms with E-state index in [1.165, 1.54) is 54.4 Å². The molecule has 106 valence electrons. The van der Waals surface area contributed by atoms with Crippen LogP contribution in [-0.2, 0) is 6.42 Å². The van der Waals surface area contributed by atoms with Crippen molar-refractivity contribution in [2.24, 2.45) is 5.41 Å². The van der Waals surface area contributed by atoms with E-state index in [9.17, 15) is 0 Å². The summed E-state index contributed by atoms with van der Waals surface area (Å²) < 4.78 is 0. The molecule has 2 heterocycles. The normalized spacial score (nSPS) is 26.3. The number of aromatic nitrogens is 1. The van der Waals surface area contributed by atoms with Gasteiger partial charge < -0.3 is 10.2 Å². The molecular formula is C15H25N3S. The first kappa shape index (κ1) is 13.4. The molecule has 19 heavy (non-hydrogen) atoms. The van der Waals surface area contributed by atoms with E-state index >= 15 is 0 Å². The van der Waals surface area contributed by atoms with Gasteiger partial charge in [-0.15, -0.1) is 0 Å². The Kier molecular flexibility index (Phi) is 3.56. The molecule has 4 heteroatoms. The summed E-state index contributed by atoms with van der Waals surface area (Å²) in [4.78, 5) is 8.95. The molecule has 1 aromatic rings. The molecule has 1 saturated heterocycles. The Morgan fingerprint density at radius 1 is 1.37 bits per heavy atom. The van der Waals surface area contributed by atoms with Gasteiger partial charge in [0.25, 0.3) is 0 Å². The summed E-state index contributed by atoms with van der Waals surface area (Å²) in [6.07, 6.45) is 6.34. The number of nitrogens with one attached hydrogen (secondary N) is 1. The van der Waals surface area contributed by atoms with Gasteiger partial charge in [0.05, 0.1) is 5.69 Å². The van der Waals surface area contributed by atoms with Gasteiger partial charge in [-0.25, -0.2) is 4.98 Å². The highest BCUT2D eigenvalue weighted by Gasteiger charge is 2.30. The highest BCUT2D eigenvalue weighted by Crippen LogP contribution is 2.39. The van der Waals surface area contributed by atoms with Gasteiger partial charge in [-0.3, -0.25) is 0 Å². The van der Waals surface area contributed by atoms with Crippen molar-refractivity contribution in [1.29, 1.82) is 0 Å². The zero-order chi connectivity index (χ0) is 13.5. The molecular weight excluding hydrogens is 254 g/mol. The van der Waals surface area contributed by atoms with Gasteiger partial charge in [0.1, 0.15) is 0 Å². The molecule has 2 aliphatic rings. The van der Waals surface area contributed by atoms with Crippen LogP contribution in [0.25, 0.3) is 0 Å². The molecule has 1 atom stereocenters. The Balaban J connectivity index is 1.84. The highest BCUT2D eigenvalue weighted by atomic mass is 32.1. The lowest BCUT2D eigenvalue weighted by Gasteiger charge is -2.37. The molecule has 1 N–H and O–H groups in total. The number of anilines is 1. The number of rotatable bonds is 2. The van der Waals surface area contributed by atoms with E-state index < -0.39 is 0 Å². The predicted molar refractivity (Wildman–Crippen MR) is 82.1 cm³/mol. The van der Waals surface area contributed by atoms with Crippen molar-refractivity contribution in [3.63, 3.8) is 0 Å². The zero-order valence-corrected chi connectivity index (χ0v) is 13.1. The molecule has 3 rings (SSSR count). The van der Waals surface area contributed by atoms with Crippen LogP contribution in [0.15, 0.2) is 0 Å². The van der Waals surface area contributed by atoms with E-state index in [-0.39, 0.29) is 0 Å². The standard InChI is InChI=1S/C15H25N3S/c1-15(2)8-5-9-18(10-15)14-17-12-7-4-6-11(16-3)13(12)19-14/h11,16H,4-10H2,1-3H3. The molecule has 1 aromatic heterocycles. The Morgan fingerprint density at radius 2 is 2.21 bits per heavy atom. The summed E-state index contributed by atoms with van der Waals surface area (Å²) in [5, 5.41) is 4.71. The van der Waals surface area contributed by atoms with Gasteiger partial charge >= 0.3 is 0 Å². The van der Waals surface area contributed by atoms with Crippen LogP contribution in [0.5, 0.6) is 0 Å². The van der Waals surface area contributed by atoms with Crippen molar-refractivity contribution >= 4 is 16.5 Å². The summed E-state index contributed by atoms with van der Waals surface area (Å²) in [6.45, 7) is 7.09. The maximum absolute atomic E-state index is 4.94. The van der Waals surface area contributed by atoms with E-state index in [1.54, 1.807) is 0 Å². The first-order valence-corrected chi connectivity index (χ1v) is 8.32. The predicted octanol–water partition coefficient (Wildman–Crippen LogP) is 3.37. The Labute approximate surface area is 120 Å². The van der Waals surface area contributed by atoms with Gasteiger partial charge in [0, 0.05) is 24.0 Å². The van der Waals surface area contributed by atoms with Crippen LogP contribution < -0.4 is 10.2 Å². The Hall–Kier alpha value is -0.610. The van der Waals surface area contributed by atoms with Gasteiger partial charge in [-0.05, 0) is 44.6 Å². The van der Waals surface area contributed by atoms with Gasteiger partial charge in [0.15, 0.2) is 5.13 Å². The molecule has 0 aromatic carbocycles. The van der Waals surface area contributed by atoms with Gasteiger partial charge in [-0.2, -0.15) is 0 Å². The van der Waals surface area contributed by atoms with Gasteiger partial charge in [0.2, 0.25) is 0 Å². The van der Waals surface area contributed by atoms with E-state index in [0.717, 1.165) is 6.54 Å². The summed E-state index contributed by atoms with van der Waals surface area (Å²) in [5.74, 6) is 0. The van der Waals surface area contributed by atoms with E-state index in [2.05, 4.69) is 31.1 Å². The lowest BCUT2D eigenvalue weighted by atomic mass is 9.84. The van der Waals surface area contributed by atoms with Crippen molar-refractivity contribution in [2.45, 2.75) is 52.0 Å². The van der Waals surface area contributed by atoms with Crippen molar-refractivity contribution in [1.82, 2.24) is 10.3 Å².